The number of hydrogen-bond acceptors (Lipinski definition) is 7. The molecule has 0 bridgehead atoms. The van der Waals surface area contributed by atoms with Crippen LogP contribution in [0.15, 0.2) is 48.6 Å². The standard InChI is InChI=1S/C55H100N2O6.C2H6/c1-6-10-13-15-17-19-21-23-25-27-29-31-33-35-38-42-53(59)62-49-51(48-57(45-40-44-56(5)46-47-58)55(61)52(9-4)41-37-12-8-3)50-63-54(60)43-39-36-34-32-30-28-26-24-22-20-18-16-14-11-7-2;1-2/h17-20,23-26,51-52,58H,6-16,21-22,27-50H2,1-5H3;1-2H3/b19-17-,20-18-,25-23-,26-24-;. The van der Waals surface area contributed by atoms with Crippen LogP contribution in [-0.2, 0) is 23.9 Å². The Bertz CT molecular complexity index is 1100. The van der Waals surface area contributed by atoms with Gasteiger partial charge in [-0.15, -0.1) is 0 Å². The van der Waals surface area contributed by atoms with Crippen LogP contribution in [0.25, 0.3) is 0 Å². The molecular formula is C57H106N2O6. The van der Waals surface area contributed by atoms with Crippen molar-refractivity contribution in [2.45, 2.75) is 234 Å². The summed E-state index contributed by atoms with van der Waals surface area (Å²) in [5.74, 6) is -0.682. The first-order chi connectivity index (χ1) is 31.8. The highest BCUT2D eigenvalue weighted by molar-refractivity contribution is 5.78. The number of aliphatic hydroxyl groups is 1. The number of carbonyl (C=O) groups is 3. The van der Waals surface area contributed by atoms with Crippen LogP contribution < -0.4 is 0 Å². The molecule has 0 aliphatic heterocycles. The highest BCUT2D eigenvalue weighted by Crippen LogP contribution is 2.19. The molecule has 0 spiro atoms. The van der Waals surface area contributed by atoms with Gasteiger partial charge in [-0.3, -0.25) is 14.4 Å². The van der Waals surface area contributed by atoms with E-state index in [2.05, 4.69) is 81.2 Å². The van der Waals surface area contributed by atoms with Gasteiger partial charge in [0.1, 0.15) is 0 Å². The lowest BCUT2D eigenvalue weighted by atomic mass is 9.96. The number of ether oxygens (including phenoxy) is 2. The van der Waals surface area contributed by atoms with Crippen molar-refractivity contribution in [3.8, 4) is 0 Å². The molecule has 0 fully saturated rings. The number of hydrogen-bond donors (Lipinski definition) is 1. The third-order valence-corrected chi connectivity index (χ3v) is 11.9. The predicted octanol–water partition coefficient (Wildman–Crippen LogP) is 15.1. The fourth-order valence-corrected chi connectivity index (χ4v) is 7.70. The number of amides is 1. The zero-order chi connectivity index (χ0) is 48.3. The Morgan fingerprint density at radius 3 is 1.35 bits per heavy atom. The van der Waals surface area contributed by atoms with Crippen molar-refractivity contribution in [1.82, 2.24) is 9.80 Å². The molecule has 0 aromatic heterocycles. The topological polar surface area (TPSA) is 96.4 Å². The van der Waals surface area contributed by atoms with E-state index in [-0.39, 0.29) is 49.5 Å². The molecule has 65 heavy (non-hydrogen) atoms. The molecule has 0 aromatic rings. The average Bonchev–Trinajstić information content (AvgIpc) is 3.31. The molecule has 380 valence electrons. The number of aliphatic hydroxyl groups excluding tert-OH is 1. The number of carbonyl (C=O) groups excluding carboxylic acids is 3. The van der Waals surface area contributed by atoms with Crippen molar-refractivity contribution in [3.05, 3.63) is 48.6 Å². The van der Waals surface area contributed by atoms with Gasteiger partial charge < -0.3 is 24.4 Å². The first-order valence-corrected chi connectivity index (χ1v) is 27.3. The number of unbranched alkanes of at least 4 members (excludes halogenated alkanes) is 18. The van der Waals surface area contributed by atoms with Crippen LogP contribution in [0.5, 0.6) is 0 Å². The number of nitrogens with zero attached hydrogens (tertiary/aromatic N) is 2. The van der Waals surface area contributed by atoms with Gasteiger partial charge in [0.15, 0.2) is 0 Å². The van der Waals surface area contributed by atoms with Crippen molar-refractivity contribution in [3.63, 3.8) is 0 Å². The Morgan fingerprint density at radius 1 is 0.508 bits per heavy atom. The summed E-state index contributed by atoms with van der Waals surface area (Å²) in [6.45, 7) is 15.4. The van der Waals surface area contributed by atoms with E-state index in [1.54, 1.807) is 0 Å². The van der Waals surface area contributed by atoms with Crippen molar-refractivity contribution in [2.24, 2.45) is 11.8 Å². The second-order valence-electron chi connectivity index (χ2n) is 18.0. The lowest BCUT2D eigenvalue weighted by Gasteiger charge is -2.31. The fourth-order valence-electron chi connectivity index (χ4n) is 7.70. The van der Waals surface area contributed by atoms with Crippen LogP contribution in [-0.4, -0.2) is 85.8 Å². The van der Waals surface area contributed by atoms with Gasteiger partial charge >= 0.3 is 11.9 Å². The largest absolute Gasteiger partial charge is 0.465 e. The number of rotatable bonds is 46. The number of esters is 2. The van der Waals surface area contributed by atoms with Crippen LogP contribution in [0.1, 0.15) is 234 Å². The van der Waals surface area contributed by atoms with E-state index in [1.807, 2.05) is 25.8 Å². The maximum atomic E-state index is 14.1. The van der Waals surface area contributed by atoms with Gasteiger partial charge in [-0.05, 0) is 110 Å². The molecule has 0 heterocycles. The summed E-state index contributed by atoms with van der Waals surface area (Å²) in [6.07, 6.45) is 49.4. The third-order valence-electron chi connectivity index (χ3n) is 11.9. The van der Waals surface area contributed by atoms with Gasteiger partial charge in [0.2, 0.25) is 5.91 Å². The van der Waals surface area contributed by atoms with Crippen molar-refractivity contribution in [1.29, 1.82) is 0 Å². The van der Waals surface area contributed by atoms with E-state index in [9.17, 15) is 19.5 Å². The highest BCUT2D eigenvalue weighted by atomic mass is 16.5. The second kappa shape index (κ2) is 52.3. The smallest absolute Gasteiger partial charge is 0.305 e. The molecule has 0 aliphatic carbocycles. The number of likely N-dealkylation sites (N-methyl/N-ethyl adjacent to an activating group) is 1. The van der Waals surface area contributed by atoms with E-state index in [4.69, 9.17) is 9.47 Å². The average molecular weight is 915 g/mol. The predicted molar refractivity (Wildman–Crippen MR) is 279 cm³/mol. The van der Waals surface area contributed by atoms with Gasteiger partial charge in [0.05, 0.1) is 19.8 Å². The third kappa shape index (κ3) is 44.9. The minimum Gasteiger partial charge on any atom is -0.465 e. The minimum atomic E-state index is -0.306. The SMILES string of the molecule is CC.CCCCC/C=C\C/C=C\CCCCCCCC(=O)OCC(COC(=O)CCCCCCC/C=C\C/C=C\CCCCC)CN(CCCN(C)CCO)C(=O)C(CC)CCCCC. The molecule has 0 aromatic carbocycles. The van der Waals surface area contributed by atoms with E-state index < -0.39 is 0 Å². The second-order valence-corrected chi connectivity index (χ2v) is 18.0. The summed E-state index contributed by atoms with van der Waals surface area (Å²) >= 11 is 0. The lowest BCUT2D eigenvalue weighted by molar-refractivity contribution is -0.150. The van der Waals surface area contributed by atoms with Gasteiger partial charge in [-0.1, -0.05) is 174 Å². The Kier molecular flexibility index (Phi) is 51.8. The molecular weight excluding hydrogens is 809 g/mol. The van der Waals surface area contributed by atoms with Crippen LogP contribution >= 0.6 is 0 Å². The molecule has 1 amide bonds. The molecule has 1 N–H and O–H groups in total. The van der Waals surface area contributed by atoms with Crippen LogP contribution in [0.2, 0.25) is 0 Å². The Morgan fingerprint density at radius 2 is 0.923 bits per heavy atom. The summed E-state index contributed by atoms with van der Waals surface area (Å²) in [5, 5.41) is 9.40. The molecule has 8 heteroatoms. The van der Waals surface area contributed by atoms with Crippen LogP contribution in [0.3, 0.4) is 0 Å². The molecule has 0 aliphatic rings. The van der Waals surface area contributed by atoms with Gasteiger partial charge in [0.25, 0.3) is 0 Å². The summed E-state index contributed by atoms with van der Waals surface area (Å²) in [7, 11) is 1.98. The minimum absolute atomic E-state index is 0.0611. The highest BCUT2D eigenvalue weighted by Gasteiger charge is 2.27. The van der Waals surface area contributed by atoms with E-state index in [0.29, 0.717) is 32.5 Å². The fraction of sp³-hybridized carbons (Fsp3) is 0.807. The van der Waals surface area contributed by atoms with Crippen LogP contribution in [0, 0.1) is 11.8 Å². The molecule has 1 unspecified atom stereocenters. The van der Waals surface area contributed by atoms with E-state index in [1.165, 1.54) is 64.2 Å². The van der Waals surface area contributed by atoms with Gasteiger partial charge in [0, 0.05) is 44.3 Å². The van der Waals surface area contributed by atoms with Crippen molar-refractivity contribution >= 4 is 17.8 Å². The van der Waals surface area contributed by atoms with E-state index >= 15 is 0 Å². The zero-order valence-corrected chi connectivity index (χ0v) is 43.8. The van der Waals surface area contributed by atoms with Gasteiger partial charge in [-0.2, -0.15) is 0 Å². The van der Waals surface area contributed by atoms with Crippen molar-refractivity contribution in [2.75, 3.05) is 53.0 Å². The van der Waals surface area contributed by atoms with Gasteiger partial charge in [-0.25, -0.2) is 0 Å². The molecule has 0 radical (unpaired) electrons. The maximum Gasteiger partial charge on any atom is 0.305 e. The first-order valence-electron chi connectivity index (χ1n) is 27.3. The van der Waals surface area contributed by atoms with E-state index in [0.717, 1.165) is 122 Å². The lowest BCUT2D eigenvalue weighted by Crippen LogP contribution is -2.43. The Balaban J connectivity index is 0. The molecule has 0 saturated carbocycles. The Labute approximate surface area is 402 Å². The molecule has 8 nitrogen and oxygen atoms in total. The zero-order valence-electron chi connectivity index (χ0n) is 43.8. The van der Waals surface area contributed by atoms with Crippen molar-refractivity contribution < 1.29 is 29.0 Å². The molecule has 1 atom stereocenters. The summed E-state index contributed by atoms with van der Waals surface area (Å²) in [5.41, 5.74) is 0. The Hall–Kier alpha value is -2.71. The molecule has 0 rings (SSSR count). The molecule has 0 saturated heterocycles. The summed E-state index contributed by atoms with van der Waals surface area (Å²) in [4.78, 5) is 44.0. The van der Waals surface area contributed by atoms with Crippen LogP contribution in [0.4, 0.5) is 0 Å². The monoisotopic (exact) mass is 915 g/mol. The number of allylic oxidation sites excluding steroid dienone is 8. The summed E-state index contributed by atoms with van der Waals surface area (Å²) in [6, 6.07) is 0. The maximum absolute atomic E-state index is 14.1. The first kappa shape index (κ1) is 64.4. The quantitative estimate of drug-likeness (QED) is 0.0369. The summed E-state index contributed by atoms with van der Waals surface area (Å²) < 4.78 is 11.7. The normalized spacial score (nSPS) is 12.3.